The molecule has 0 amide bonds. The molecule has 0 spiro atoms. The zero-order chi connectivity index (χ0) is 12.1. The molecule has 1 aromatic carbocycles. The van der Waals surface area contributed by atoms with Gasteiger partial charge in [-0.2, -0.15) is 0 Å². The van der Waals surface area contributed by atoms with Crippen LogP contribution in [0.15, 0.2) is 18.2 Å². The van der Waals surface area contributed by atoms with Gasteiger partial charge in [0.25, 0.3) is 0 Å². The fraction of sp³-hybridized carbons (Fsp3) is 0.600. The summed E-state index contributed by atoms with van der Waals surface area (Å²) in [6.45, 7) is 8.99. The van der Waals surface area contributed by atoms with Crippen LogP contribution in [0.5, 0.6) is 0 Å². The van der Waals surface area contributed by atoms with Crippen LogP contribution in [0.3, 0.4) is 0 Å². The van der Waals surface area contributed by atoms with Crippen LogP contribution >= 0.6 is 0 Å². The van der Waals surface area contributed by atoms with Gasteiger partial charge >= 0.3 is 0 Å². The highest BCUT2D eigenvalue weighted by atomic mass is 14.9. The molecular weight excluding hydrogens is 194 g/mol. The van der Waals surface area contributed by atoms with Crippen molar-refractivity contribution in [1.82, 2.24) is 5.32 Å². The van der Waals surface area contributed by atoms with Crippen molar-refractivity contribution in [2.45, 2.75) is 46.6 Å². The van der Waals surface area contributed by atoms with Gasteiger partial charge in [0.1, 0.15) is 0 Å². The highest BCUT2D eigenvalue weighted by molar-refractivity contribution is 5.33. The average molecular weight is 219 g/mol. The van der Waals surface area contributed by atoms with Crippen LogP contribution in [-0.2, 0) is 6.42 Å². The van der Waals surface area contributed by atoms with Crippen LogP contribution in [-0.4, -0.2) is 13.1 Å². The van der Waals surface area contributed by atoms with Crippen LogP contribution < -0.4 is 5.32 Å². The minimum absolute atomic E-state index is 0.625. The molecule has 0 fully saturated rings. The summed E-state index contributed by atoms with van der Waals surface area (Å²) in [5, 5.41) is 3.41. The van der Waals surface area contributed by atoms with Crippen molar-refractivity contribution < 1.29 is 0 Å². The van der Waals surface area contributed by atoms with Crippen LogP contribution in [0.1, 0.15) is 37.0 Å². The highest BCUT2D eigenvalue weighted by Crippen LogP contribution is 2.16. The lowest BCUT2D eigenvalue weighted by atomic mass is 9.94. The zero-order valence-electron chi connectivity index (χ0n) is 11.3. The van der Waals surface area contributed by atoms with Gasteiger partial charge in [0, 0.05) is 6.04 Å². The van der Waals surface area contributed by atoms with Gasteiger partial charge in [-0.25, -0.2) is 0 Å². The Morgan fingerprint density at radius 2 is 1.88 bits per heavy atom. The molecule has 0 aliphatic carbocycles. The van der Waals surface area contributed by atoms with Gasteiger partial charge in [-0.1, -0.05) is 32.0 Å². The quantitative estimate of drug-likeness (QED) is 0.799. The Balaban J connectivity index is 2.64. The summed E-state index contributed by atoms with van der Waals surface area (Å²) in [6, 6.07) is 7.24. The molecule has 0 aliphatic rings. The highest BCUT2D eigenvalue weighted by Gasteiger charge is 2.11. The molecule has 0 radical (unpaired) electrons. The Hall–Kier alpha value is -0.820. The number of nitrogens with one attached hydrogen (secondary N) is 1. The van der Waals surface area contributed by atoms with Crippen LogP contribution in [0.4, 0.5) is 0 Å². The minimum atomic E-state index is 0.625. The van der Waals surface area contributed by atoms with Crippen molar-refractivity contribution in [3.05, 3.63) is 34.9 Å². The Morgan fingerprint density at radius 1 is 1.19 bits per heavy atom. The number of hydrogen-bond donors (Lipinski definition) is 1. The first-order chi connectivity index (χ1) is 7.56. The van der Waals surface area contributed by atoms with Crippen molar-refractivity contribution in [3.8, 4) is 0 Å². The topological polar surface area (TPSA) is 12.0 Å². The number of benzene rings is 1. The Kier molecular flexibility index (Phi) is 5.01. The molecule has 1 rings (SSSR count). The Morgan fingerprint density at radius 3 is 2.44 bits per heavy atom. The molecule has 0 aromatic heterocycles. The Bertz CT molecular complexity index is 328. The number of rotatable bonds is 5. The summed E-state index contributed by atoms with van der Waals surface area (Å²) in [6.07, 6.45) is 2.40. The zero-order valence-corrected chi connectivity index (χ0v) is 11.3. The average Bonchev–Trinajstić information content (AvgIpc) is 2.24. The van der Waals surface area contributed by atoms with E-state index >= 15 is 0 Å². The predicted octanol–water partition coefficient (Wildman–Crippen LogP) is 3.48. The van der Waals surface area contributed by atoms with Gasteiger partial charge in [-0.3, -0.25) is 0 Å². The van der Waals surface area contributed by atoms with Gasteiger partial charge in [-0.15, -0.1) is 0 Å². The van der Waals surface area contributed by atoms with E-state index in [-0.39, 0.29) is 0 Å². The summed E-state index contributed by atoms with van der Waals surface area (Å²) in [4.78, 5) is 0. The van der Waals surface area contributed by atoms with E-state index in [4.69, 9.17) is 0 Å². The molecule has 1 nitrogen and oxygen atoms in total. The minimum Gasteiger partial charge on any atom is -0.317 e. The molecule has 1 N–H and O–H groups in total. The lowest BCUT2D eigenvalue weighted by molar-refractivity contribution is 0.402. The van der Waals surface area contributed by atoms with Crippen LogP contribution in [0.2, 0.25) is 0 Å². The van der Waals surface area contributed by atoms with Crippen LogP contribution in [0.25, 0.3) is 0 Å². The summed E-state index contributed by atoms with van der Waals surface area (Å²) >= 11 is 0. The van der Waals surface area contributed by atoms with E-state index in [1.807, 2.05) is 0 Å². The third kappa shape index (κ3) is 3.34. The standard InChI is InChI=1S/C15H25N/c1-11(2)15(16-5)10-9-14-8-6-7-12(3)13(14)4/h6-8,11,15-16H,9-10H2,1-5H3. The van der Waals surface area contributed by atoms with Crippen molar-refractivity contribution in [1.29, 1.82) is 0 Å². The largest absolute Gasteiger partial charge is 0.317 e. The second-order valence-electron chi connectivity index (χ2n) is 5.04. The van der Waals surface area contributed by atoms with Crippen LogP contribution in [0, 0.1) is 19.8 Å². The van der Waals surface area contributed by atoms with E-state index in [9.17, 15) is 0 Å². The van der Waals surface area contributed by atoms with Crippen molar-refractivity contribution >= 4 is 0 Å². The van der Waals surface area contributed by atoms with E-state index in [0.717, 1.165) is 0 Å². The molecule has 0 saturated carbocycles. The molecule has 1 unspecified atom stereocenters. The first-order valence-electron chi connectivity index (χ1n) is 6.28. The van der Waals surface area contributed by atoms with Gasteiger partial charge in [0.15, 0.2) is 0 Å². The maximum absolute atomic E-state index is 3.41. The molecule has 90 valence electrons. The second kappa shape index (κ2) is 6.05. The summed E-state index contributed by atoms with van der Waals surface area (Å²) < 4.78 is 0. The monoisotopic (exact) mass is 219 g/mol. The SMILES string of the molecule is CNC(CCc1cccc(C)c1C)C(C)C. The van der Waals surface area contributed by atoms with Crippen molar-refractivity contribution in [2.24, 2.45) is 5.92 Å². The smallest absolute Gasteiger partial charge is 0.00902 e. The van der Waals surface area contributed by atoms with E-state index in [1.165, 1.54) is 29.5 Å². The van der Waals surface area contributed by atoms with Gasteiger partial charge < -0.3 is 5.32 Å². The summed E-state index contributed by atoms with van der Waals surface area (Å²) in [7, 11) is 2.06. The third-order valence-corrected chi connectivity index (χ3v) is 3.62. The molecule has 1 heteroatoms. The fourth-order valence-corrected chi connectivity index (χ4v) is 2.20. The molecule has 0 aliphatic heterocycles. The van der Waals surface area contributed by atoms with Gasteiger partial charge in [-0.05, 0) is 56.3 Å². The van der Waals surface area contributed by atoms with Crippen molar-refractivity contribution in [2.75, 3.05) is 7.05 Å². The van der Waals surface area contributed by atoms with E-state index in [2.05, 4.69) is 58.3 Å². The molecule has 1 atom stereocenters. The Labute approximate surface area is 100 Å². The lowest BCUT2D eigenvalue weighted by Gasteiger charge is -2.20. The maximum Gasteiger partial charge on any atom is 0.00902 e. The second-order valence-corrected chi connectivity index (χ2v) is 5.04. The first kappa shape index (κ1) is 13.2. The lowest BCUT2D eigenvalue weighted by Crippen LogP contribution is -2.31. The maximum atomic E-state index is 3.41. The summed E-state index contributed by atoms with van der Waals surface area (Å²) in [5.41, 5.74) is 4.37. The first-order valence-corrected chi connectivity index (χ1v) is 6.28. The summed E-state index contributed by atoms with van der Waals surface area (Å²) in [5.74, 6) is 0.704. The van der Waals surface area contributed by atoms with Gasteiger partial charge in [0.2, 0.25) is 0 Å². The third-order valence-electron chi connectivity index (χ3n) is 3.62. The fourth-order valence-electron chi connectivity index (χ4n) is 2.20. The van der Waals surface area contributed by atoms with E-state index < -0.39 is 0 Å². The molecule has 0 saturated heterocycles. The van der Waals surface area contributed by atoms with E-state index in [1.54, 1.807) is 0 Å². The number of aryl methyl sites for hydroxylation is 2. The molecule has 0 bridgehead atoms. The van der Waals surface area contributed by atoms with Crippen molar-refractivity contribution in [3.63, 3.8) is 0 Å². The van der Waals surface area contributed by atoms with Gasteiger partial charge in [0.05, 0.1) is 0 Å². The van der Waals surface area contributed by atoms with E-state index in [0.29, 0.717) is 12.0 Å². The molecule has 1 aromatic rings. The molecule has 16 heavy (non-hydrogen) atoms. The molecule has 0 heterocycles. The predicted molar refractivity (Wildman–Crippen MR) is 71.9 cm³/mol. The number of hydrogen-bond acceptors (Lipinski definition) is 1. The molecular formula is C15H25N. The normalized spacial score (nSPS) is 13.1.